The van der Waals surface area contributed by atoms with Crippen LogP contribution < -0.4 is 5.32 Å². The third-order valence-electron chi connectivity index (χ3n) is 2.52. The summed E-state index contributed by atoms with van der Waals surface area (Å²) in [4.78, 5) is 13.3. The first-order chi connectivity index (χ1) is 6.35. The van der Waals surface area contributed by atoms with Gasteiger partial charge in [0, 0.05) is 13.1 Å². The van der Waals surface area contributed by atoms with Crippen LogP contribution in [-0.4, -0.2) is 40.8 Å². The van der Waals surface area contributed by atoms with Crippen molar-refractivity contribution in [3.63, 3.8) is 0 Å². The van der Waals surface area contributed by atoms with Gasteiger partial charge >= 0.3 is 6.03 Å². The van der Waals surface area contributed by atoms with E-state index in [4.69, 9.17) is 0 Å². The molecule has 1 atom stereocenters. The molecule has 0 saturated heterocycles. The number of urea groups is 1. The Bertz CT molecular complexity index is 187. The zero-order valence-corrected chi connectivity index (χ0v) is 9.79. The van der Waals surface area contributed by atoms with Crippen LogP contribution in [0.1, 0.15) is 34.6 Å². The van der Waals surface area contributed by atoms with E-state index in [0.29, 0.717) is 13.1 Å². The lowest BCUT2D eigenvalue weighted by Gasteiger charge is -2.32. The minimum absolute atomic E-state index is 0.124. The summed E-state index contributed by atoms with van der Waals surface area (Å²) in [5.74, 6) is 0. The monoisotopic (exact) mass is 202 g/mol. The van der Waals surface area contributed by atoms with Crippen molar-refractivity contribution in [2.45, 2.75) is 46.3 Å². The smallest absolute Gasteiger partial charge is 0.317 e. The van der Waals surface area contributed by atoms with E-state index >= 15 is 0 Å². The normalized spacial score (nSPS) is 13.6. The number of hydrogen-bond acceptors (Lipinski definition) is 2. The van der Waals surface area contributed by atoms with Crippen LogP contribution in [0.5, 0.6) is 0 Å². The summed E-state index contributed by atoms with van der Waals surface area (Å²) in [6.07, 6.45) is -0.568. The number of aliphatic hydroxyl groups is 1. The summed E-state index contributed by atoms with van der Waals surface area (Å²) in [5, 5.41) is 12.2. The molecule has 0 aliphatic carbocycles. The predicted molar refractivity (Wildman–Crippen MR) is 57.2 cm³/mol. The molecule has 0 saturated carbocycles. The second-order valence-corrected chi connectivity index (χ2v) is 4.00. The zero-order chi connectivity index (χ0) is 11.4. The fourth-order valence-electron chi connectivity index (χ4n) is 0.970. The number of aliphatic hydroxyl groups excluding tert-OH is 1. The minimum Gasteiger partial charge on any atom is -0.391 e. The van der Waals surface area contributed by atoms with Gasteiger partial charge in [0.05, 0.1) is 11.6 Å². The second kappa shape index (κ2) is 5.20. The number of nitrogens with zero attached hydrogens (tertiary/aromatic N) is 1. The Hall–Kier alpha value is -0.770. The van der Waals surface area contributed by atoms with Gasteiger partial charge in [0.25, 0.3) is 0 Å². The Kier molecular flexibility index (Phi) is 4.91. The van der Waals surface area contributed by atoms with Gasteiger partial charge in [0.1, 0.15) is 0 Å². The van der Waals surface area contributed by atoms with Crippen LogP contribution in [0.15, 0.2) is 0 Å². The highest BCUT2D eigenvalue weighted by molar-refractivity contribution is 5.75. The summed E-state index contributed by atoms with van der Waals surface area (Å²) < 4.78 is 0. The van der Waals surface area contributed by atoms with Gasteiger partial charge < -0.3 is 15.3 Å². The van der Waals surface area contributed by atoms with Gasteiger partial charge in [0.15, 0.2) is 0 Å². The van der Waals surface area contributed by atoms with E-state index in [2.05, 4.69) is 5.32 Å². The summed E-state index contributed by atoms with van der Waals surface area (Å²) in [6.45, 7) is 10.5. The molecule has 0 aliphatic heterocycles. The molecule has 0 heterocycles. The van der Waals surface area contributed by atoms with Crippen LogP contribution in [0.2, 0.25) is 0 Å². The number of amides is 2. The first kappa shape index (κ1) is 13.2. The number of rotatable bonds is 4. The van der Waals surface area contributed by atoms with Crippen molar-refractivity contribution in [1.29, 1.82) is 0 Å². The van der Waals surface area contributed by atoms with E-state index in [1.54, 1.807) is 25.7 Å². The number of carbonyl (C=O) groups excluding carboxylic acids is 1. The molecule has 1 unspecified atom stereocenters. The lowest BCUT2D eigenvalue weighted by molar-refractivity contribution is 0.0953. The van der Waals surface area contributed by atoms with Crippen LogP contribution in [0.25, 0.3) is 0 Å². The molecule has 2 amide bonds. The molecule has 4 heteroatoms. The highest BCUT2D eigenvalue weighted by Crippen LogP contribution is 2.08. The van der Waals surface area contributed by atoms with Gasteiger partial charge in [-0.15, -0.1) is 0 Å². The number of nitrogens with one attached hydrogen (secondary N) is 1. The Morgan fingerprint density at radius 1 is 1.43 bits per heavy atom. The second-order valence-electron chi connectivity index (χ2n) is 4.00. The van der Waals surface area contributed by atoms with Crippen molar-refractivity contribution in [2.24, 2.45) is 0 Å². The maximum Gasteiger partial charge on any atom is 0.317 e. The summed E-state index contributed by atoms with van der Waals surface area (Å²) >= 11 is 0. The third kappa shape index (κ3) is 3.54. The van der Waals surface area contributed by atoms with Crippen molar-refractivity contribution in [1.82, 2.24) is 10.2 Å². The first-order valence-corrected chi connectivity index (χ1v) is 5.10. The topological polar surface area (TPSA) is 52.6 Å². The maximum atomic E-state index is 11.6. The Balaban J connectivity index is 4.30. The lowest BCUT2D eigenvalue weighted by Crippen LogP contribution is -2.55. The Labute approximate surface area is 86.3 Å². The van der Waals surface area contributed by atoms with Gasteiger partial charge in [-0.05, 0) is 34.6 Å². The summed E-state index contributed by atoms with van der Waals surface area (Å²) in [5.41, 5.74) is -0.584. The van der Waals surface area contributed by atoms with Gasteiger partial charge in [-0.1, -0.05) is 0 Å². The molecule has 0 fully saturated rings. The summed E-state index contributed by atoms with van der Waals surface area (Å²) in [6, 6.07) is -0.124. The van der Waals surface area contributed by atoms with Crippen LogP contribution in [0.4, 0.5) is 4.79 Å². The van der Waals surface area contributed by atoms with Crippen molar-refractivity contribution in [2.75, 3.05) is 13.1 Å². The quantitative estimate of drug-likeness (QED) is 0.719. The Morgan fingerprint density at radius 2 is 1.86 bits per heavy atom. The standard InChI is InChI=1S/C10H22N2O2/c1-6-12(7-2)9(14)11-10(4,5)8(3)13/h8,13H,6-7H2,1-5H3,(H,11,14). The van der Waals surface area contributed by atoms with Crippen LogP contribution in [-0.2, 0) is 0 Å². The lowest BCUT2D eigenvalue weighted by atomic mass is 9.99. The van der Waals surface area contributed by atoms with E-state index < -0.39 is 11.6 Å². The molecule has 0 aliphatic rings. The third-order valence-corrected chi connectivity index (χ3v) is 2.52. The molecule has 0 spiro atoms. The molecule has 14 heavy (non-hydrogen) atoms. The van der Waals surface area contributed by atoms with E-state index in [-0.39, 0.29) is 6.03 Å². The highest BCUT2D eigenvalue weighted by atomic mass is 16.3. The molecule has 0 bridgehead atoms. The fraction of sp³-hybridized carbons (Fsp3) is 0.900. The molecule has 4 nitrogen and oxygen atoms in total. The van der Waals surface area contributed by atoms with E-state index in [9.17, 15) is 9.90 Å². The van der Waals surface area contributed by atoms with Crippen molar-refractivity contribution < 1.29 is 9.90 Å². The SMILES string of the molecule is CCN(CC)C(=O)NC(C)(C)C(C)O. The van der Waals surface area contributed by atoms with Crippen LogP contribution in [0, 0.1) is 0 Å². The molecular weight excluding hydrogens is 180 g/mol. The minimum atomic E-state index is -0.584. The molecule has 0 aromatic rings. The molecule has 0 aromatic heterocycles. The molecule has 2 N–H and O–H groups in total. The molecular formula is C10H22N2O2. The van der Waals surface area contributed by atoms with Crippen LogP contribution >= 0.6 is 0 Å². The largest absolute Gasteiger partial charge is 0.391 e. The highest BCUT2D eigenvalue weighted by Gasteiger charge is 2.27. The average Bonchev–Trinajstić information content (AvgIpc) is 2.05. The number of carbonyl (C=O) groups is 1. The molecule has 0 radical (unpaired) electrons. The first-order valence-electron chi connectivity index (χ1n) is 5.10. The predicted octanol–water partition coefficient (Wildman–Crippen LogP) is 1.20. The summed E-state index contributed by atoms with van der Waals surface area (Å²) in [7, 11) is 0. The van der Waals surface area contributed by atoms with Gasteiger partial charge in [-0.3, -0.25) is 0 Å². The molecule has 0 aromatic carbocycles. The zero-order valence-electron chi connectivity index (χ0n) is 9.79. The molecule has 84 valence electrons. The van der Waals surface area contributed by atoms with Crippen molar-refractivity contribution >= 4 is 6.03 Å². The van der Waals surface area contributed by atoms with Crippen molar-refractivity contribution in [3.05, 3.63) is 0 Å². The number of hydrogen-bond donors (Lipinski definition) is 2. The average molecular weight is 202 g/mol. The van der Waals surface area contributed by atoms with Gasteiger partial charge in [0.2, 0.25) is 0 Å². The molecule has 0 rings (SSSR count). The van der Waals surface area contributed by atoms with Gasteiger partial charge in [-0.25, -0.2) is 4.79 Å². The van der Waals surface area contributed by atoms with E-state index in [1.807, 2.05) is 13.8 Å². The van der Waals surface area contributed by atoms with E-state index in [0.717, 1.165) is 0 Å². The Morgan fingerprint density at radius 3 is 2.14 bits per heavy atom. The van der Waals surface area contributed by atoms with Crippen molar-refractivity contribution in [3.8, 4) is 0 Å². The van der Waals surface area contributed by atoms with E-state index in [1.165, 1.54) is 0 Å². The van der Waals surface area contributed by atoms with Crippen LogP contribution in [0.3, 0.4) is 0 Å². The maximum absolute atomic E-state index is 11.6. The fourth-order valence-corrected chi connectivity index (χ4v) is 0.970. The van der Waals surface area contributed by atoms with Gasteiger partial charge in [-0.2, -0.15) is 0 Å².